The molecule has 0 bridgehead atoms. The van der Waals surface area contributed by atoms with Crippen molar-refractivity contribution in [3.8, 4) is 0 Å². The van der Waals surface area contributed by atoms with Crippen molar-refractivity contribution < 1.29 is 0 Å². The Morgan fingerprint density at radius 1 is 1.43 bits per heavy atom. The van der Waals surface area contributed by atoms with Gasteiger partial charge in [0.15, 0.2) is 5.96 Å². The monoisotopic (exact) mass is 450 g/mol. The second-order valence-electron chi connectivity index (χ2n) is 6.15. The van der Waals surface area contributed by atoms with Gasteiger partial charge in [-0.05, 0) is 36.8 Å². The summed E-state index contributed by atoms with van der Waals surface area (Å²) in [5.74, 6) is 0.594. The third-order valence-corrected chi connectivity index (χ3v) is 5.35. The number of guanidine groups is 1. The van der Waals surface area contributed by atoms with E-state index >= 15 is 0 Å². The molecule has 1 aromatic heterocycles. The minimum Gasteiger partial charge on any atom is -0.370 e. The zero-order chi connectivity index (χ0) is 15.8. The maximum Gasteiger partial charge on any atom is 0.188 e. The summed E-state index contributed by atoms with van der Waals surface area (Å²) in [5.41, 5.74) is 7.44. The maximum absolute atomic E-state index is 5.95. The normalized spacial score (nSPS) is 16.5. The van der Waals surface area contributed by atoms with Gasteiger partial charge in [-0.1, -0.05) is 26.2 Å². The third kappa shape index (κ3) is 6.97. The summed E-state index contributed by atoms with van der Waals surface area (Å²) in [6.07, 6.45) is 6.18. The zero-order valence-electron chi connectivity index (χ0n) is 14.4. The molecule has 0 radical (unpaired) electrons. The molecule has 1 aliphatic rings. The molecule has 1 aromatic rings. The zero-order valence-corrected chi connectivity index (χ0v) is 17.5. The van der Waals surface area contributed by atoms with Crippen LogP contribution in [0.4, 0.5) is 0 Å². The minimum atomic E-state index is 0. The lowest BCUT2D eigenvalue weighted by Gasteiger charge is -2.31. The van der Waals surface area contributed by atoms with Gasteiger partial charge in [-0.3, -0.25) is 9.89 Å². The van der Waals surface area contributed by atoms with Gasteiger partial charge in [0.25, 0.3) is 0 Å². The molecule has 23 heavy (non-hydrogen) atoms. The molecule has 0 aromatic carbocycles. The number of hydrogen-bond donors (Lipinski definition) is 2. The minimum absolute atomic E-state index is 0. The van der Waals surface area contributed by atoms with Gasteiger partial charge in [0, 0.05) is 30.6 Å². The second kappa shape index (κ2) is 11.3. The van der Waals surface area contributed by atoms with E-state index in [9.17, 15) is 0 Å². The molecule has 132 valence electrons. The van der Waals surface area contributed by atoms with E-state index in [0.29, 0.717) is 12.0 Å². The Balaban J connectivity index is 0.00000264. The molecule has 0 saturated carbocycles. The fraction of sp³-hybridized carbons (Fsp3) is 0.706. The Bertz CT molecular complexity index is 475. The summed E-state index contributed by atoms with van der Waals surface area (Å²) in [4.78, 5) is 8.57. The van der Waals surface area contributed by atoms with Crippen molar-refractivity contribution >= 4 is 41.3 Å². The first kappa shape index (κ1) is 20.7. The number of unbranched alkanes of at least 4 members (excludes halogenated alkanes) is 3. The van der Waals surface area contributed by atoms with E-state index in [2.05, 4.69) is 40.5 Å². The molecule has 4 nitrogen and oxygen atoms in total. The molecule has 0 fully saturated rings. The summed E-state index contributed by atoms with van der Waals surface area (Å²) in [5, 5.41) is 5.43. The van der Waals surface area contributed by atoms with Crippen LogP contribution in [0.5, 0.6) is 0 Å². The van der Waals surface area contributed by atoms with Crippen LogP contribution in [0.25, 0.3) is 0 Å². The van der Waals surface area contributed by atoms with Crippen LogP contribution in [0.3, 0.4) is 0 Å². The van der Waals surface area contributed by atoms with Gasteiger partial charge in [-0.15, -0.1) is 35.3 Å². The van der Waals surface area contributed by atoms with E-state index in [-0.39, 0.29) is 24.0 Å². The molecular weight excluding hydrogens is 419 g/mol. The highest BCUT2D eigenvalue weighted by atomic mass is 127. The maximum atomic E-state index is 5.95. The van der Waals surface area contributed by atoms with Gasteiger partial charge in [-0.2, -0.15) is 0 Å². The van der Waals surface area contributed by atoms with E-state index in [1.165, 1.54) is 37.7 Å². The Hall–Kier alpha value is -0.340. The molecule has 6 heteroatoms. The molecule has 0 saturated heterocycles. The van der Waals surface area contributed by atoms with Gasteiger partial charge in [0.1, 0.15) is 0 Å². The molecule has 0 spiro atoms. The topological polar surface area (TPSA) is 53.6 Å². The average Bonchev–Trinajstić information content (AvgIpc) is 2.99. The Morgan fingerprint density at radius 2 is 2.26 bits per heavy atom. The van der Waals surface area contributed by atoms with Crippen molar-refractivity contribution in [3.05, 3.63) is 21.9 Å². The molecule has 2 rings (SSSR count). The smallest absolute Gasteiger partial charge is 0.188 e. The molecule has 0 aliphatic carbocycles. The molecule has 2 heterocycles. The van der Waals surface area contributed by atoms with Crippen LogP contribution in [0.15, 0.2) is 16.4 Å². The fourth-order valence-corrected chi connectivity index (χ4v) is 3.71. The van der Waals surface area contributed by atoms with Crippen molar-refractivity contribution in [2.45, 2.75) is 58.5 Å². The SMILES string of the molecule is CCCCCCNC(N)=NCC(C)N1CCc2sccc2C1.I. The van der Waals surface area contributed by atoms with E-state index in [4.69, 9.17) is 5.73 Å². The summed E-state index contributed by atoms with van der Waals surface area (Å²) in [6, 6.07) is 2.70. The molecule has 3 N–H and O–H groups in total. The van der Waals surface area contributed by atoms with Crippen LogP contribution >= 0.6 is 35.3 Å². The number of fused-ring (bicyclic) bond motifs is 1. The number of thiophene rings is 1. The molecule has 1 unspecified atom stereocenters. The first-order chi connectivity index (χ1) is 10.7. The quantitative estimate of drug-likeness (QED) is 0.276. The van der Waals surface area contributed by atoms with Gasteiger partial charge >= 0.3 is 0 Å². The van der Waals surface area contributed by atoms with Gasteiger partial charge < -0.3 is 11.1 Å². The van der Waals surface area contributed by atoms with E-state index in [1.54, 1.807) is 4.88 Å². The fourth-order valence-electron chi connectivity index (χ4n) is 2.82. The first-order valence-electron chi connectivity index (χ1n) is 8.53. The number of hydrogen-bond acceptors (Lipinski definition) is 3. The van der Waals surface area contributed by atoms with Crippen LogP contribution in [-0.2, 0) is 13.0 Å². The Morgan fingerprint density at radius 3 is 3.04 bits per heavy atom. The van der Waals surface area contributed by atoms with Crippen LogP contribution in [0.2, 0.25) is 0 Å². The first-order valence-corrected chi connectivity index (χ1v) is 9.41. The summed E-state index contributed by atoms with van der Waals surface area (Å²) in [6.45, 7) is 8.37. The van der Waals surface area contributed by atoms with Crippen LogP contribution < -0.4 is 11.1 Å². The number of halogens is 1. The van der Waals surface area contributed by atoms with Gasteiger partial charge in [0.2, 0.25) is 0 Å². The van der Waals surface area contributed by atoms with Crippen LogP contribution in [0, 0.1) is 0 Å². The highest BCUT2D eigenvalue weighted by molar-refractivity contribution is 14.0. The predicted molar refractivity (Wildman–Crippen MR) is 112 cm³/mol. The number of nitrogens with two attached hydrogens (primary N) is 1. The van der Waals surface area contributed by atoms with Crippen molar-refractivity contribution in [1.29, 1.82) is 0 Å². The summed E-state index contributed by atoms with van der Waals surface area (Å²) >= 11 is 1.89. The largest absolute Gasteiger partial charge is 0.370 e. The lowest BCUT2D eigenvalue weighted by Crippen LogP contribution is -2.40. The molecular formula is C17H31IN4S. The van der Waals surface area contributed by atoms with Gasteiger partial charge in [-0.25, -0.2) is 0 Å². The molecule has 0 amide bonds. The van der Waals surface area contributed by atoms with Crippen molar-refractivity contribution in [1.82, 2.24) is 10.2 Å². The Kier molecular flexibility index (Phi) is 10.1. The molecule has 1 aliphatic heterocycles. The second-order valence-corrected chi connectivity index (χ2v) is 7.15. The van der Waals surface area contributed by atoms with Crippen LogP contribution in [-0.4, -0.2) is 36.5 Å². The lowest BCUT2D eigenvalue weighted by atomic mass is 10.1. The predicted octanol–water partition coefficient (Wildman–Crippen LogP) is 3.60. The van der Waals surface area contributed by atoms with E-state index < -0.39 is 0 Å². The highest BCUT2D eigenvalue weighted by Gasteiger charge is 2.21. The number of nitrogens with one attached hydrogen (secondary N) is 1. The van der Waals surface area contributed by atoms with Crippen LogP contribution in [0.1, 0.15) is 50.0 Å². The van der Waals surface area contributed by atoms with Crippen molar-refractivity contribution in [2.75, 3.05) is 19.6 Å². The summed E-state index contributed by atoms with van der Waals surface area (Å²) < 4.78 is 0. The lowest BCUT2D eigenvalue weighted by molar-refractivity contribution is 0.197. The molecule has 1 atom stereocenters. The highest BCUT2D eigenvalue weighted by Crippen LogP contribution is 2.25. The standard InChI is InChI=1S/C17H30N4S.HI/c1-3-4-5-6-9-19-17(18)20-12-14(2)21-10-7-16-15(13-21)8-11-22-16;/h8,11,14H,3-7,9-10,12-13H2,1-2H3,(H3,18,19,20);1H. The van der Waals surface area contributed by atoms with Crippen molar-refractivity contribution in [2.24, 2.45) is 10.7 Å². The van der Waals surface area contributed by atoms with Gasteiger partial charge in [0.05, 0.1) is 6.54 Å². The number of rotatable bonds is 8. The number of aliphatic imine (C=N–C) groups is 1. The van der Waals surface area contributed by atoms with E-state index in [0.717, 1.165) is 26.2 Å². The Labute approximate surface area is 161 Å². The summed E-state index contributed by atoms with van der Waals surface area (Å²) in [7, 11) is 0. The average molecular weight is 450 g/mol. The third-order valence-electron chi connectivity index (χ3n) is 4.32. The van der Waals surface area contributed by atoms with Crippen molar-refractivity contribution in [3.63, 3.8) is 0 Å². The number of nitrogens with zero attached hydrogens (tertiary/aromatic N) is 2. The van der Waals surface area contributed by atoms with E-state index in [1.807, 2.05) is 11.3 Å².